The zero-order valence-corrected chi connectivity index (χ0v) is 8.51. The summed E-state index contributed by atoms with van der Waals surface area (Å²) in [6, 6.07) is 3.81. The smallest absolute Gasteiger partial charge is 0.129 e. The number of hydrogen-bond acceptors (Lipinski definition) is 3. The number of aromatic nitrogens is 1. The summed E-state index contributed by atoms with van der Waals surface area (Å²) >= 11 is 5.81. The largest absolute Gasteiger partial charge is 0.304 e. The van der Waals surface area contributed by atoms with Crippen molar-refractivity contribution in [1.29, 1.82) is 0 Å². The van der Waals surface area contributed by atoms with Gasteiger partial charge in [-0.2, -0.15) is 0 Å². The Morgan fingerprint density at radius 3 is 2.85 bits per heavy atom. The van der Waals surface area contributed by atoms with Crippen molar-refractivity contribution in [3.05, 3.63) is 28.5 Å². The van der Waals surface area contributed by atoms with E-state index >= 15 is 0 Å². The predicted octanol–water partition coefficient (Wildman–Crippen LogP) is 2.04. The van der Waals surface area contributed by atoms with Crippen molar-refractivity contribution in [3.8, 4) is 0 Å². The van der Waals surface area contributed by atoms with Crippen LogP contribution in [-0.4, -0.2) is 11.6 Å². The lowest BCUT2D eigenvalue weighted by Crippen LogP contribution is -2.08. The van der Waals surface area contributed by atoms with E-state index in [2.05, 4.69) is 9.82 Å². The molecule has 3 nitrogen and oxygen atoms in total. The molecule has 1 unspecified atom stereocenters. The summed E-state index contributed by atoms with van der Waals surface area (Å²) in [6.45, 7) is 4.42. The van der Waals surface area contributed by atoms with Gasteiger partial charge in [-0.1, -0.05) is 18.5 Å². The summed E-state index contributed by atoms with van der Waals surface area (Å²) in [5, 5.41) is 0.513. The first-order chi connectivity index (χ1) is 6.13. The second kappa shape index (κ2) is 4.56. The highest BCUT2D eigenvalue weighted by Crippen LogP contribution is 2.19. The Labute approximate surface area is 82.8 Å². The molecule has 0 aliphatic heterocycles. The lowest BCUT2D eigenvalue weighted by Gasteiger charge is -2.10. The molecule has 1 atom stereocenters. The third kappa shape index (κ3) is 2.95. The third-order valence-electron chi connectivity index (χ3n) is 1.86. The Morgan fingerprint density at radius 1 is 1.62 bits per heavy atom. The monoisotopic (exact) mass is 200 g/mol. The van der Waals surface area contributed by atoms with E-state index in [0.717, 1.165) is 11.3 Å². The van der Waals surface area contributed by atoms with Gasteiger partial charge in [0, 0.05) is 11.6 Å². The van der Waals surface area contributed by atoms with Crippen molar-refractivity contribution < 1.29 is 4.84 Å². The Kier molecular flexibility index (Phi) is 3.66. The van der Waals surface area contributed by atoms with E-state index in [4.69, 9.17) is 17.5 Å². The zero-order valence-electron chi connectivity index (χ0n) is 7.75. The number of halogens is 1. The van der Waals surface area contributed by atoms with Gasteiger partial charge in [0.1, 0.15) is 5.15 Å². The predicted molar refractivity (Wildman–Crippen MR) is 52.5 cm³/mol. The van der Waals surface area contributed by atoms with Gasteiger partial charge in [-0.3, -0.25) is 0 Å². The van der Waals surface area contributed by atoms with Crippen molar-refractivity contribution in [2.75, 3.05) is 6.61 Å². The normalized spacial score (nSPS) is 12.9. The van der Waals surface area contributed by atoms with Crippen LogP contribution in [0.2, 0.25) is 5.15 Å². The van der Waals surface area contributed by atoms with Crippen LogP contribution in [0.25, 0.3) is 0 Å². The summed E-state index contributed by atoms with van der Waals surface area (Å²) in [5.41, 5.74) is 2.01. The van der Waals surface area contributed by atoms with Gasteiger partial charge in [0.25, 0.3) is 0 Å². The van der Waals surface area contributed by atoms with Crippen molar-refractivity contribution in [2.24, 2.45) is 5.90 Å². The SMILES string of the molecule is Cc1cc(C(C)CON)cc(Cl)n1. The standard InChI is InChI=1S/C9H13ClN2O/c1-6(5-13-11)8-3-7(2)12-9(10)4-8/h3-4,6H,5,11H2,1-2H3. The quantitative estimate of drug-likeness (QED) is 0.600. The molecule has 0 bridgehead atoms. The molecule has 0 fully saturated rings. The van der Waals surface area contributed by atoms with Crippen molar-refractivity contribution in [3.63, 3.8) is 0 Å². The van der Waals surface area contributed by atoms with Crippen LogP contribution in [0.5, 0.6) is 0 Å². The molecule has 0 aliphatic rings. The van der Waals surface area contributed by atoms with Gasteiger partial charge in [0.15, 0.2) is 0 Å². The van der Waals surface area contributed by atoms with Gasteiger partial charge in [0.05, 0.1) is 6.61 Å². The molecule has 0 amide bonds. The molecule has 1 aromatic rings. The molecule has 13 heavy (non-hydrogen) atoms. The average Bonchev–Trinajstić information content (AvgIpc) is 2.03. The van der Waals surface area contributed by atoms with Crippen LogP contribution in [-0.2, 0) is 4.84 Å². The van der Waals surface area contributed by atoms with Crippen LogP contribution in [0, 0.1) is 6.92 Å². The number of pyridine rings is 1. The molecule has 0 saturated carbocycles. The Morgan fingerprint density at radius 2 is 2.31 bits per heavy atom. The van der Waals surface area contributed by atoms with Crippen LogP contribution in [0.4, 0.5) is 0 Å². The van der Waals surface area contributed by atoms with Gasteiger partial charge in [-0.05, 0) is 24.6 Å². The van der Waals surface area contributed by atoms with Gasteiger partial charge in [0.2, 0.25) is 0 Å². The molecule has 0 radical (unpaired) electrons. The number of aryl methyl sites for hydroxylation is 1. The van der Waals surface area contributed by atoms with Gasteiger partial charge in [-0.15, -0.1) is 0 Å². The maximum atomic E-state index is 5.81. The maximum Gasteiger partial charge on any atom is 0.129 e. The number of nitrogens with zero attached hydrogens (tertiary/aromatic N) is 1. The Bertz CT molecular complexity index is 271. The molecule has 72 valence electrons. The van der Waals surface area contributed by atoms with Crippen LogP contribution in [0.1, 0.15) is 24.1 Å². The van der Waals surface area contributed by atoms with Crippen molar-refractivity contribution >= 4 is 11.6 Å². The van der Waals surface area contributed by atoms with Crippen LogP contribution >= 0.6 is 11.6 Å². The molecule has 1 rings (SSSR count). The van der Waals surface area contributed by atoms with E-state index in [0.29, 0.717) is 11.8 Å². The van der Waals surface area contributed by atoms with E-state index in [9.17, 15) is 0 Å². The first-order valence-corrected chi connectivity index (χ1v) is 4.47. The summed E-state index contributed by atoms with van der Waals surface area (Å²) in [5.74, 6) is 5.23. The molecule has 0 aromatic carbocycles. The lowest BCUT2D eigenvalue weighted by atomic mass is 10.0. The lowest BCUT2D eigenvalue weighted by molar-refractivity contribution is 0.126. The van der Waals surface area contributed by atoms with Crippen molar-refractivity contribution in [1.82, 2.24) is 4.98 Å². The molecule has 1 heterocycles. The second-order valence-electron chi connectivity index (χ2n) is 3.10. The first-order valence-electron chi connectivity index (χ1n) is 4.09. The minimum absolute atomic E-state index is 0.240. The molecule has 1 aromatic heterocycles. The average molecular weight is 201 g/mol. The Balaban J connectivity index is 2.87. The number of hydrogen-bond donors (Lipinski definition) is 1. The summed E-state index contributed by atoms with van der Waals surface area (Å²) in [7, 11) is 0. The maximum absolute atomic E-state index is 5.81. The molecule has 0 spiro atoms. The van der Waals surface area contributed by atoms with Gasteiger partial charge < -0.3 is 4.84 Å². The molecular weight excluding hydrogens is 188 g/mol. The molecule has 2 N–H and O–H groups in total. The highest BCUT2D eigenvalue weighted by Gasteiger charge is 2.07. The number of nitrogens with two attached hydrogens (primary N) is 1. The topological polar surface area (TPSA) is 48.1 Å². The minimum atomic E-state index is 0.240. The van der Waals surface area contributed by atoms with Crippen LogP contribution in [0.15, 0.2) is 12.1 Å². The fourth-order valence-electron chi connectivity index (χ4n) is 1.18. The van der Waals surface area contributed by atoms with E-state index in [1.807, 2.05) is 26.0 Å². The first kappa shape index (κ1) is 10.4. The number of rotatable bonds is 3. The van der Waals surface area contributed by atoms with E-state index < -0.39 is 0 Å². The fraction of sp³-hybridized carbons (Fsp3) is 0.444. The van der Waals surface area contributed by atoms with E-state index in [1.54, 1.807) is 0 Å². The highest BCUT2D eigenvalue weighted by atomic mass is 35.5. The van der Waals surface area contributed by atoms with Gasteiger partial charge >= 0.3 is 0 Å². The van der Waals surface area contributed by atoms with Crippen LogP contribution in [0.3, 0.4) is 0 Å². The fourth-order valence-corrected chi connectivity index (χ4v) is 1.44. The molecule has 0 saturated heterocycles. The van der Waals surface area contributed by atoms with E-state index in [1.165, 1.54) is 0 Å². The second-order valence-corrected chi connectivity index (χ2v) is 3.49. The van der Waals surface area contributed by atoms with E-state index in [-0.39, 0.29) is 5.92 Å². The third-order valence-corrected chi connectivity index (χ3v) is 2.05. The Hall–Kier alpha value is -0.640. The summed E-state index contributed by atoms with van der Waals surface area (Å²) in [6.07, 6.45) is 0. The highest BCUT2D eigenvalue weighted by molar-refractivity contribution is 6.29. The minimum Gasteiger partial charge on any atom is -0.304 e. The van der Waals surface area contributed by atoms with Crippen molar-refractivity contribution in [2.45, 2.75) is 19.8 Å². The summed E-state index contributed by atoms with van der Waals surface area (Å²) < 4.78 is 0. The molecule has 0 aliphatic carbocycles. The summed E-state index contributed by atoms with van der Waals surface area (Å²) in [4.78, 5) is 8.64. The molecule has 4 heteroatoms. The zero-order chi connectivity index (χ0) is 9.84. The van der Waals surface area contributed by atoms with Gasteiger partial charge in [-0.25, -0.2) is 10.9 Å². The van der Waals surface area contributed by atoms with Crippen LogP contribution < -0.4 is 5.90 Å². The molecular formula is C9H13ClN2O.